The summed E-state index contributed by atoms with van der Waals surface area (Å²) < 4.78 is 0. The average molecular weight is 438 g/mol. The van der Waals surface area contributed by atoms with Gasteiger partial charge in [0.1, 0.15) is 6.04 Å². The molecule has 3 aliphatic heterocycles. The van der Waals surface area contributed by atoms with Crippen molar-refractivity contribution in [1.29, 1.82) is 5.26 Å². The largest absolute Gasteiger partial charge is 0.478 e. The van der Waals surface area contributed by atoms with E-state index in [-0.39, 0.29) is 47.6 Å². The molecule has 0 spiro atoms. The Bertz CT molecular complexity index is 1000. The molecular formula is C23H27N5O4. The van der Waals surface area contributed by atoms with Crippen LogP contribution in [-0.4, -0.2) is 80.9 Å². The maximum Gasteiger partial charge on any atom is 0.335 e. The molecule has 168 valence electrons. The molecule has 2 amide bonds. The molecule has 0 radical (unpaired) electrons. The van der Waals surface area contributed by atoms with Crippen LogP contribution in [0.1, 0.15) is 48.1 Å². The lowest BCUT2D eigenvalue weighted by Gasteiger charge is -2.38. The van der Waals surface area contributed by atoms with Crippen molar-refractivity contribution in [1.82, 2.24) is 14.7 Å². The highest BCUT2D eigenvalue weighted by atomic mass is 16.4. The Morgan fingerprint density at radius 2 is 1.97 bits per heavy atom. The van der Waals surface area contributed by atoms with Gasteiger partial charge in [0.25, 0.3) is 0 Å². The number of nitrogens with two attached hydrogens (primary N) is 1. The molecule has 3 saturated heterocycles. The Kier molecular flexibility index (Phi) is 4.95. The van der Waals surface area contributed by atoms with Gasteiger partial charge in [0.2, 0.25) is 11.8 Å². The van der Waals surface area contributed by atoms with E-state index in [2.05, 4.69) is 6.07 Å². The number of hydrogen-bond acceptors (Lipinski definition) is 6. The number of nitriles is 1. The van der Waals surface area contributed by atoms with Crippen LogP contribution in [0, 0.1) is 17.2 Å². The summed E-state index contributed by atoms with van der Waals surface area (Å²) in [5.41, 5.74) is 7.37. The molecule has 7 atom stereocenters. The minimum absolute atomic E-state index is 0.0223. The molecule has 3 N–H and O–H groups in total. The van der Waals surface area contributed by atoms with E-state index in [0.717, 1.165) is 18.4 Å². The van der Waals surface area contributed by atoms with Crippen molar-refractivity contribution >= 4 is 17.8 Å². The molecule has 1 unspecified atom stereocenters. The van der Waals surface area contributed by atoms with Crippen LogP contribution in [0.4, 0.5) is 0 Å². The number of benzene rings is 1. The van der Waals surface area contributed by atoms with E-state index in [1.54, 1.807) is 29.2 Å². The van der Waals surface area contributed by atoms with E-state index >= 15 is 0 Å². The summed E-state index contributed by atoms with van der Waals surface area (Å²) in [5, 5.41) is 18.4. The summed E-state index contributed by atoms with van der Waals surface area (Å²) in [6.45, 7) is 2.92. The van der Waals surface area contributed by atoms with Crippen LogP contribution in [0.15, 0.2) is 24.3 Å². The van der Waals surface area contributed by atoms with Crippen LogP contribution in [0.2, 0.25) is 0 Å². The molecule has 4 fully saturated rings. The first-order chi connectivity index (χ1) is 15.3. The minimum Gasteiger partial charge on any atom is -0.478 e. The fourth-order valence-corrected chi connectivity index (χ4v) is 5.87. The molecule has 9 nitrogen and oxygen atoms in total. The van der Waals surface area contributed by atoms with Gasteiger partial charge in [-0.15, -0.1) is 0 Å². The number of aromatic carboxylic acids is 1. The fraction of sp³-hybridized carbons (Fsp3) is 0.565. The standard InChI is InChI=1S/C23H27N5O4/c1-12(13-2-4-14(5-3-13)23(31)32)27-17-8-20(22(27)30)26(10-17)11-18(25)21(29)28-16(9-24)6-15-7-19(15)28/h2-5,12,15-20H,6-8,10-11,25H2,1H3,(H,31,32)/t12-,15-,16+,17?,18+,19+,20+/m1/s1. The number of amides is 2. The van der Waals surface area contributed by atoms with E-state index in [4.69, 9.17) is 10.8 Å². The molecule has 1 saturated carbocycles. The summed E-state index contributed by atoms with van der Waals surface area (Å²) in [7, 11) is 0. The summed E-state index contributed by atoms with van der Waals surface area (Å²) in [5.74, 6) is -0.691. The predicted molar refractivity (Wildman–Crippen MR) is 113 cm³/mol. The number of piperazine rings is 1. The molecule has 3 heterocycles. The lowest BCUT2D eigenvalue weighted by molar-refractivity contribution is -0.141. The molecule has 4 aliphatic rings. The second kappa shape index (κ2) is 7.57. The van der Waals surface area contributed by atoms with Crippen LogP contribution in [0.25, 0.3) is 0 Å². The van der Waals surface area contributed by atoms with Crippen LogP contribution < -0.4 is 5.73 Å². The summed E-state index contributed by atoms with van der Waals surface area (Å²) in [4.78, 5) is 42.7. The lowest BCUT2D eigenvalue weighted by atomic mass is 10.0. The van der Waals surface area contributed by atoms with Gasteiger partial charge in [0.15, 0.2) is 0 Å². The average Bonchev–Trinajstić information content (AvgIpc) is 3.11. The van der Waals surface area contributed by atoms with E-state index in [1.807, 2.05) is 16.7 Å². The molecule has 32 heavy (non-hydrogen) atoms. The normalized spacial score (nSPS) is 32.5. The smallest absolute Gasteiger partial charge is 0.335 e. The third-order valence-electron chi connectivity index (χ3n) is 7.63. The third-order valence-corrected chi connectivity index (χ3v) is 7.63. The Morgan fingerprint density at radius 1 is 1.25 bits per heavy atom. The van der Waals surface area contributed by atoms with Gasteiger partial charge in [-0.2, -0.15) is 5.26 Å². The summed E-state index contributed by atoms with van der Waals surface area (Å²) in [6.07, 6.45) is 2.41. The maximum atomic E-state index is 13.1. The van der Waals surface area contributed by atoms with Gasteiger partial charge in [0.05, 0.1) is 29.8 Å². The maximum absolute atomic E-state index is 13.1. The molecular weight excluding hydrogens is 410 g/mol. The number of carbonyl (C=O) groups is 3. The van der Waals surface area contributed by atoms with Gasteiger partial charge in [-0.1, -0.05) is 12.1 Å². The molecule has 0 aromatic heterocycles. The fourth-order valence-electron chi connectivity index (χ4n) is 5.87. The lowest BCUT2D eigenvalue weighted by Crippen LogP contribution is -2.57. The molecule has 1 aliphatic carbocycles. The van der Waals surface area contributed by atoms with Crippen molar-refractivity contribution in [2.24, 2.45) is 11.7 Å². The molecule has 9 heteroatoms. The van der Waals surface area contributed by atoms with Gasteiger partial charge in [-0.05, 0) is 49.8 Å². The zero-order valence-corrected chi connectivity index (χ0v) is 17.9. The van der Waals surface area contributed by atoms with Crippen LogP contribution >= 0.6 is 0 Å². The molecule has 5 rings (SSSR count). The number of nitrogens with zero attached hydrogens (tertiary/aromatic N) is 4. The Balaban J connectivity index is 1.22. The number of carboxylic acids is 1. The second-order valence-electron chi connectivity index (χ2n) is 9.50. The van der Waals surface area contributed by atoms with Crippen LogP contribution in [0.3, 0.4) is 0 Å². The summed E-state index contributed by atoms with van der Waals surface area (Å²) in [6, 6.07) is 7.48. The minimum atomic E-state index is -0.978. The van der Waals surface area contributed by atoms with E-state index < -0.39 is 12.0 Å². The summed E-state index contributed by atoms with van der Waals surface area (Å²) >= 11 is 0. The highest BCUT2D eigenvalue weighted by Gasteiger charge is 2.56. The quantitative estimate of drug-likeness (QED) is 0.665. The Labute approximate surface area is 186 Å². The van der Waals surface area contributed by atoms with E-state index in [9.17, 15) is 19.6 Å². The van der Waals surface area contributed by atoms with Gasteiger partial charge < -0.3 is 20.6 Å². The number of hydrogen-bond donors (Lipinski definition) is 2. The molecule has 1 aromatic carbocycles. The van der Waals surface area contributed by atoms with Crippen molar-refractivity contribution in [3.8, 4) is 6.07 Å². The third kappa shape index (κ3) is 3.26. The highest BCUT2D eigenvalue weighted by molar-refractivity contribution is 5.88. The van der Waals surface area contributed by atoms with Crippen molar-refractivity contribution in [2.75, 3.05) is 13.1 Å². The first-order valence-corrected chi connectivity index (χ1v) is 11.2. The van der Waals surface area contributed by atoms with Crippen molar-refractivity contribution < 1.29 is 19.5 Å². The van der Waals surface area contributed by atoms with Gasteiger partial charge in [-0.25, -0.2) is 4.79 Å². The highest BCUT2D eigenvalue weighted by Crippen LogP contribution is 2.48. The Morgan fingerprint density at radius 3 is 2.59 bits per heavy atom. The number of carboxylic acid groups (broad SMARTS) is 1. The van der Waals surface area contributed by atoms with Crippen LogP contribution in [0.5, 0.6) is 0 Å². The van der Waals surface area contributed by atoms with E-state index in [1.165, 1.54) is 0 Å². The SMILES string of the molecule is C[C@H](c1ccc(C(=O)O)cc1)N1C(=O)[C@@H]2CC1CN2C[C@H](N)C(=O)N1[C@H](C#N)C[C@@H]2C[C@@H]21. The topological polar surface area (TPSA) is 131 Å². The number of fused-ring (bicyclic) bond motifs is 3. The zero-order chi connectivity index (χ0) is 22.7. The predicted octanol–water partition coefficient (Wildman–Crippen LogP) is 0.571. The number of rotatable bonds is 6. The van der Waals surface area contributed by atoms with Gasteiger partial charge >= 0.3 is 5.97 Å². The van der Waals surface area contributed by atoms with Crippen molar-refractivity contribution in [2.45, 2.75) is 62.4 Å². The monoisotopic (exact) mass is 437 g/mol. The number of piperidine rings is 1. The number of likely N-dealkylation sites (tertiary alicyclic amines) is 3. The van der Waals surface area contributed by atoms with Crippen LogP contribution in [-0.2, 0) is 9.59 Å². The second-order valence-corrected chi connectivity index (χ2v) is 9.50. The van der Waals surface area contributed by atoms with Crippen molar-refractivity contribution in [3.05, 3.63) is 35.4 Å². The molecule has 1 aromatic rings. The zero-order valence-electron chi connectivity index (χ0n) is 17.9. The first-order valence-electron chi connectivity index (χ1n) is 11.2. The van der Waals surface area contributed by atoms with Gasteiger partial charge in [0, 0.05) is 25.2 Å². The first kappa shape index (κ1) is 20.9. The Hall–Kier alpha value is -2.96. The van der Waals surface area contributed by atoms with E-state index in [0.29, 0.717) is 25.4 Å². The number of carbonyl (C=O) groups excluding carboxylic acids is 2. The van der Waals surface area contributed by atoms with Gasteiger partial charge in [-0.3, -0.25) is 14.5 Å². The van der Waals surface area contributed by atoms with Crippen molar-refractivity contribution in [3.63, 3.8) is 0 Å². The molecule has 2 bridgehead atoms.